The summed E-state index contributed by atoms with van der Waals surface area (Å²) in [7, 11) is 2.93. The summed E-state index contributed by atoms with van der Waals surface area (Å²) in [6.45, 7) is 5.00. The monoisotopic (exact) mass is 472 g/mol. The maximum absolute atomic E-state index is 13.1. The second-order valence-corrected chi connectivity index (χ2v) is 7.35. The van der Waals surface area contributed by atoms with E-state index in [0.717, 1.165) is 4.57 Å². The van der Waals surface area contributed by atoms with Gasteiger partial charge in [0.05, 0.1) is 6.04 Å². The van der Waals surface area contributed by atoms with Crippen LogP contribution in [0.15, 0.2) is 58.7 Å². The van der Waals surface area contributed by atoms with Gasteiger partial charge in [0.2, 0.25) is 0 Å². The molecule has 1 aromatic carbocycles. The molecule has 0 aliphatic carbocycles. The molecule has 2 aromatic rings. The topological polar surface area (TPSA) is 79.4 Å². The summed E-state index contributed by atoms with van der Waals surface area (Å²) in [5.41, 5.74) is -0.761. The van der Waals surface area contributed by atoms with E-state index in [1.165, 1.54) is 44.1 Å². The first-order valence-corrected chi connectivity index (χ1v) is 9.92. The molecule has 1 aromatic heterocycles. The van der Waals surface area contributed by atoms with Gasteiger partial charge in [0.1, 0.15) is 17.6 Å². The van der Waals surface area contributed by atoms with Crippen LogP contribution < -0.4 is 21.5 Å². The van der Waals surface area contributed by atoms with Crippen molar-refractivity contribution in [3.05, 3.63) is 80.5 Å². The molecule has 11 heteroatoms. The van der Waals surface area contributed by atoms with Gasteiger partial charge in [-0.25, -0.2) is 4.79 Å². The van der Waals surface area contributed by atoms with Crippen molar-refractivity contribution in [2.75, 3.05) is 17.3 Å². The highest BCUT2D eigenvalue weighted by molar-refractivity contribution is 6.30. The number of rotatable bonds is 9. The van der Waals surface area contributed by atoms with Crippen molar-refractivity contribution in [3.63, 3.8) is 0 Å². The van der Waals surface area contributed by atoms with Gasteiger partial charge in [-0.05, 0) is 24.6 Å². The quantitative estimate of drug-likeness (QED) is 0.543. The lowest BCUT2D eigenvalue weighted by Crippen LogP contribution is -2.47. The van der Waals surface area contributed by atoms with E-state index in [2.05, 4.69) is 21.6 Å². The van der Waals surface area contributed by atoms with Gasteiger partial charge >= 0.3 is 12.1 Å². The molecular weight excluding hydrogens is 449 g/mol. The Morgan fingerprint density at radius 3 is 2.47 bits per heavy atom. The van der Waals surface area contributed by atoms with E-state index in [9.17, 15) is 22.8 Å². The molecule has 0 radical (unpaired) electrons. The van der Waals surface area contributed by atoms with Crippen LogP contribution in [-0.2, 0) is 18.3 Å². The minimum absolute atomic E-state index is 0.0140. The fraction of sp³-hybridized carbons (Fsp3) is 0.333. The zero-order valence-electron chi connectivity index (χ0n) is 17.7. The molecule has 0 aliphatic rings. The van der Waals surface area contributed by atoms with E-state index in [4.69, 9.17) is 11.6 Å². The van der Waals surface area contributed by atoms with Crippen LogP contribution >= 0.6 is 11.6 Å². The molecular formula is C21H24ClF3N4O3. The SMILES string of the molecule is C=C/C=C\[C@@H](OC(F)(F)F)C(C)N(Cc1ccc(Cl)cc1)c1c(NC)n(C)c(=O)[nH]c1=O. The zero-order chi connectivity index (χ0) is 24.1. The Bertz CT molecular complexity index is 1080. The smallest absolute Gasteiger partial charge is 0.373 e. The van der Waals surface area contributed by atoms with Crippen molar-refractivity contribution in [1.29, 1.82) is 0 Å². The number of anilines is 2. The summed E-state index contributed by atoms with van der Waals surface area (Å²) in [6, 6.07) is 5.65. The van der Waals surface area contributed by atoms with Gasteiger partial charge in [0.25, 0.3) is 5.56 Å². The number of hydrogen-bond acceptors (Lipinski definition) is 5. The lowest BCUT2D eigenvalue weighted by Gasteiger charge is -2.36. The first-order chi connectivity index (χ1) is 15.0. The molecule has 0 bridgehead atoms. The lowest BCUT2D eigenvalue weighted by atomic mass is 10.1. The molecule has 7 nitrogen and oxygen atoms in total. The normalized spacial score (nSPS) is 13.7. The van der Waals surface area contributed by atoms with Gasteiger partial charge < -0.3 is 10.2 Å². The van der Waals surface area contributed by atoms with E-state index in [0.29, 0.717) is 10.6 Å². The van der Waals surface area contributed by atoms with Gasteiger partial charge in [-0.15, -0.1) is 13.2 Å². The highest BCUT2D eigenvalue weighted by Crippen LogP contribution is 2.29. The Morgan fingerprint density at radius 1 is 1.31 bits per heavy atom. The maximum Gasteiger partial charge on any atom is 0.523 e. The molecule has 0 fully saturated rings. The molecule has 174 valence electrons. The van der Waals surface area contributed by atoms with Crippen LogP contribution in [0.3, 0.4) is 0 Å². The third-order valence-electron chi connectivity index (χ3n) is 4.76. The van der Waals surface area contributed by atoms with E-state index in [1.807, 2.05) is 0 Å². The summed E-state index contributed by atoms with van der Waals surface area (Å²) >= 11 is 5.94. The summed E-state index contributed by atoms with van der Waals surface area (Å²) in [5, 5.41) is 3.27. The van der Waals surface area contributed by atoms with Gasteiger partial charge in [-0.3, -0.25) is 19.1 Å². The van der Waals surface area contributed by atoms with Crippen molar-refractivity contribution in [2.45, 2.75) is 32.0 Å². The van der Waals surface area contributed by atoms with Crippen LogP contribution in [0.4, 0.5) is 24.7 Å². The number of aromatic amines is 1. The molecule has 1 heterocycles. The van der Waals surface area contributed by atoms with Crippen molar-refractivity contribution in [1.82, 2.24) is 9.55 Å². The van der Waals surface area contributed by atoms with Crippen molar-refractivity contribution < 1.29 is 17.9 Å². The fourth-order valence-corrected chi connectivity index (χ4v) is 3.32. The van der Waals surface area contributed by atoms with Crippen LogP contribution in [0, 0.1) is 0 Å². The average molecular weight is 473 g/mol. The predicted molar refractivity (Wildman–Crippen MR) is 119 cm³/mol. The number of H-pyrrole nitrogens is 1. The van der Waals surface area contributed by atoms with E-state index in [1.54, 1.807) is 24.3 Å². The average Bonchev–Trinajstić information content (AvgIpc) is 2.72. The van der Waals surface area contributed by atoms with E-state index >= 15 is 0 Å². The fourth-order valence-electron chi connectivity index (χ4n) is 3.19. The molecule has 32 heavy (non-hydrogen) atoms. The number of hydrogen-bond donors (Lipinski definition) is 2. The molecule has 2 rings (SSSR count). The number of nitrogens with zero attached hydrogens (tertiary/aromatic N) is 2. The first-order valence-electron chi connectivity index (χ1n) is 9.54. The van der Waals surface area contributed by atoms with E-state index < -0.39 is 29.8 Å². The minimum Gasteiger partial charge on any atom is -0.373 e. The Hall–Kier alpha value is -2.98. The first kappa shape index (κ1) is 25.3. The molecule has 0 amide bonds. The third-order valence-corrected chi connectivity index (χ3v) is 5.02. The Balaban J connectivity index is 2.68. The number of nitrogens with one attached hydrogen (secondary N) is 2. The zero-order valence-corrected chi connectivity index (χ0v) is 18.5. The minimum atomic E-state index is -4.92. The number of halogens is 4. The lowest BCUT2D eigenvalue weighted by molar-refractivity contribution is -0.337. The highest BCUT2D eigenvalue weighted by atomic mass is 35.5. The second kappa shape index (κ2) is 10.6. The summed E-state index contributed by atoms with van der Waals surface area (Å²) in [5.74, 6) is 0.137. The Labute approximate surface area is 187 Å². The standard InChI is InChI=1S/C21H24ClF3N4O3/c1-5-6-7-16(32-21(23,24)25)13(2)29(12-14-8-10-15(22)11-9-14)17-18(26-3)28(4)20(31)27-19(17)30/h5-11,13,16,26H,1,12H2,2-4H3,(H,27,30,31)/b7-6-/t13?,16-/m1/s1. The third kappa shape index (κ3) is 6.27. The van der Waals surface area contributed by atoms with Crippen LogP contribution in [0.25, 0.3) is 0 Å². The van der Waals surface area contributed by atoms with Crippen molar-refractivity contribution in [2.24, 2.45) is 7.05 Å². The van der Waals surface area contributed by atoms with Crippen LogP contribution in [0.2, 0.25) is 5.02 Å². The van der Waals surface area contributed by atoms with Gasteiger partial charge in [0, 0.05) is 25.7 Å². The molecule has 0 aliphatic heterocycles. The van der Waals surface area contributed by atoms with Crippen LogP contribution in [-0.4, -0.2) is 35.1 Å². The number of benzene rings is 1. The molecule has 2 atom stereocenters. The number of ether oxygens (including phenoxy) is 1. The predicted octanol–water partition coefficient (Wildman–Crippen LogP) is 3.81. The summed E-state index contributed by atoms with van der Waals surface area (Å²) in [4.78, 5) is 28.5. The van der Waals surface area contributed by atoms with Crippen LogP contribution in [0.5, 0.6) is 0 Å². The molecule has 0 spiro atoms. The largest absolute Gasteiger partial charge is 0.523 e. The summed E-state index contributed by atoms with van der Waals surface area (Å²) in [6.07, 6.45) is -2.55. The maximum atomic E-state index is 13.1. The number of aromatic nitrogens is 2. The molecule has 0 saturated carbocycles. The number of allylic oxidation sites excluding steroid dienone is 2. The Kier molecular flexibility index (Phi) is 8.34. The van der Waals surface area contributed by atoms with E-state index in [-0.39, 0.29) is 18.1 Å². The van der Waals surface area contributed by atoms with Crippen molar-refractivity contribution in [3.8, 4) is 0 Å². The Morgan fingerprint density at radius 2 is 1.94 bits per heavy atom. The summed E-state index contributed by atoms with van der Waals surface area (Å²) < 4.78 is 44.9. The second-order valence-electron chi connectivity index (χ2n) is 6.91. The molecule has 0 saturated heterocycles. The van der Waals surface area contributed by atoms with Crippen molar-refractivity contribution >= 4 is 23.1 Å². The highest BCUT2D eigenvalue weighted by Gasteiger charge is 2.37. The molecule has 1 unspecified atom stereocenters. The van der Waals surface area contributed by atoms with Gasteiger partial charge in [-0.2, -0.15) is 0 Å². The van der Waals surface area contributed by atoms with Crippen LogP contribution in [0.1, 0.15) is 12.5 Å². The number of alkyl halides is 3. The van der Waals surface area contributed by atoms with Gasteiger partial charge in [-0.1, -0.05) is 48.5 Å². The van der Waals surface area contributed by atoms with Gasteiger partial charge in [0.15, 0.2) is 0 Å². The molecule has 2 N–H and O–H groups in total.